The van der Waals surface area contributed by atoms with Crippen LogP contribution in [0.25, 0.3) is 22.1 Å². The second-order valence-corrected chi connectivity index (χ2v) is 6.30. The molecule has 0 aliphatic carbocycles. The second kappa shape index (κ2) is 4.00. The fourth-order valence-corrected chi connectivity index (χ4v) is 3.94. The van der Waals surface area contributed by atoms with Crippen molar-refractivity contribution >= 4 is 27.8 Å². The van der Waals surface area contributed by atoms with Gasteiger partial charge in [0.1, 0.15) is 22.7 Å². The third-order valence-electron chi connectivity index (χ3n) is 5.02. The van der Waals surface area contributed by atoms with Crippen LogP contribution in [-0.4, -0.2) is 19.1 Å². The van der Waals surface area contributed by atoms with E-state index in [2.05, 4.69) is 15.2 Å². The lowest BCUT2D eigenvalue weighted by Gasteiger charge is -2.15. The molecule has 2 aromatic heterocycles. The summed E-state index contributed by atoms with van der Waals surface area (Å²) in [6.07, 6.45) is 7.07. The molecule has 21 heavy (non-hydrogen) atoms. The predicted molar refractivity (Wildman–Crippen MR) is 83.3 cm³/mol. The quantitative estimate of drug-likeness (QED) is 0.644. The number of aryl methyl sites for hydroxylation is 4. The van der Waals surface area contributed by atoms with Crippen LogP contribution in [0.4, 0.5) is 5.69 Å². The third kappa shape index (κ3) is 1.46. The number of nitrogens with two attached hydrogens (primary N) is 1. The van der Waals surface area contributed by atoms with Gasteiger partial charge in [0.25, 0.3) is 0 Å². The molecular formula is C16H19N5. The highest BCUT2D eigenvalue weighted by Gasteiger charge is 2.22. The summed E-state index contributed by atoms with van der Waals surface area (Å²) in [7, 11) is 0. The highest BCUT2D eigenvalue weighted by atomic mass is 15.1. The Morgan fingerprint density at radius 3 is 1.86 bits per heavy atom. The van der Waals surface area contributed by atoms with E-state index in [9.17, 15) is 0 Å². The maximum Gasteiger partial charge on any atom is 0.114 e. The van der Waals surface area contributed by atoms with Crippen molar-refractivity contribution < 1.29 is 0 Å². The molecule has 0 amide bonds. The van der Waals surface area contributed by atoms with Crippen LogP contribution in [0.15, 0.2) is 6.07 Å². The smallest absolute Gasteiger partial charge is 0.114 e. The van der Waals surface area contributed by atoms with Crippen LogP contribution in [0.2, 0.25) is 0 Å². The summed E-state index contributed by atoms with van der Waals surface area (Å²) >= 11 is 0. The first-order valence-electron chi connectivity index (χ1n) is 7.99. The van der Waals surface area contributed by atoms with Crippen LogP contribution in [-0.2, 0) is 25.9 Å². The number of imidazole rings is 2. The summed E-state index contributed by atoms with van der Waals surface area (Å²) in [6.45, 7) is 2.13. The molecule has 0 fully saturated rings. The van der Waals surface area contributed by atoms with Crippen LogP contribution < -0.4 is 5.73 Å². The molecule has 0 saturated carbocycles. The van der Waals surface area contributed by atoms with E-state index in [0.717, 1.165) is 42.7 Å². The number of fused-ring (bicyclic) bond motifs is 6. The number of anilines is 1. The Bertz CT molecular complexity index is 801. The molecule has 2 aliphatic heterocycles. The number of nitrogens with zero attached hydrogens (tertiary/aromatic N) is 4. The molecule has 4 heterocycles. The van der Waals surface area contributed by atoms with Crippen molar-refractivity contribution in [2.45, 2.75) is 51.6 Å². The predicted octanol–water partition coefficient (Wildman–Crippen LogP) is 2.64. The minimum absolute atomic E-state index is 0.770. The zero-order chi connectivity index (χ0) is 14.0. The summed E-state index contributed by atoms with van der Waals surface area (Å²) in [5.74, 6) is 2.38. The molecule has 1 aromatic carbocycles. The first kappa shape index (κ1) is 11.6. The summed E-state index contributed by atoms with van der Waals surface area (Å²) in [5, 5.41) is 0. The summed E-state index contributed by atoms with van der Waals surface area (Å²) in [5.41, 5.74) is 11.5. The van der Waals surface area contributed by atoms with Crippen LogP contribution in [0.5, 0.6) is 0 Å². The number of rotatable bonds is 0. The molecule has 5 rings (SSSR count). The fourth-order valence-electron chi connectivity index (χ4n) is 3.94. The number of nitrogen functional groups attached to an aromatic ring is 1. The number of aromatic nitrogens is 4. The van der Waals surface area contributed by atoms with Crippen molar-refractivity contribution in [1.82, 2.24) is 19.1 Å². The molecule has 2 N–H and O–H groups in total. The van der Waals surface area contributed by atoms with Crippen LogP contribution >= 0.6 is 0 Å². The van der Waals surface area contributed by atoms with Gasteiger partial charge in [0.2, 0.25) is 0 Å². The van der Waals surface area contributed by atoms with E-state index in [0.29, 0.717) is 0 Å². The zero-order valence-corrected chi connectivity index (χ0v) is 12.1. The van der Waals surface area contributed by atoms with E-state index in [1.54, 1.807) is 0 Å². The van der Waals surface area contributed by atoms with Crippen LogP contribution in [0, 0.1) is 0 Å². The van der Waals surface area contributed by atoms with Gasteiger partial charge in [0.15, 0.2) is 0 Å². The maximum absolute atomic E-state index is 6.43. The van der Waals surface area contributed by atoms with Gasteiger partial charge in [-0.1, -0.05) is 0 Å². The molecule has 108 valence electrons. The molecule has 0 spiro atoms. The second-order valence-electron chi connectivity index (χ2n) is 6.30. The van der Waals surface area contributed by atoms with Gasteiger partial charge >= 0.3 is 0 Å². The first-order chi connectivity index (χ1) is 10.3. The SMILES string of the molecule is Nc1c2nc3n(c2cc2c1nc1n2CCCC1)CCCC3. The van der Waals surface area contributed by atoms with Crippen LogP contribution in [0.1, 0.15) is 37.3 Å². The molecule has 0 saturated heterocycles. The Kier molecular flexibility index (Phi) is 2.21. The van der Waals surface area contributed by atoms with Crippen molar-refractivity contribution in [3.05, 3.63) is 17.7 Å². The van der Waals surface area contributed by atoms with Crippen LogP contribution in [0.3, 0.4) is 0 Å². The van der Waals surface area contributed by atoms with Gasteiger partial charge in [-0.05, 0) is 31.7 Å². The zero-order valence-electron chi connectivity index (χ0n) is 12.1. The summed E-state index contributed by atoms with van der Waals surface area (Å²) < 4.78 is 4.72. The molecule has 0 atom stereocenters. The van der Waals surface area contributed by atoms with E-state index < -0.39 is 0 Å². The Balaban J connectivity index is 1.89. The summed E-state index contributed by atoms with van der Waals surface area (Å²) in [6, 6.07) is 2.27. The van der Waals surface area contributed by atoms with Crippen molar-refractivity contribution in [3.8, 4) is 0 Å². The van der Waals surface area contributed by atoms with E-state index in [1.807, 2.05) is 0 Å². The number of benzene rings is 1. The minimum Gasteiger partial charge on any atom is -0.395 e. The van der Waals surface area contributed by atoms with Crippen molar-refractivity contribution in [1.29, 1.82) is 0 Å². The van der Waals surface area contributed by atoms with Crippen molar-refractivity contribution in [2.75, 3.05) is 5.73 Å². The first-order valence-corrected chi connectivity index (χ1v) is 7.99. The lowest BCUT2D eigenvalue weighted by Crippen LogP contribution is -2.11. The van der Waals surface area contributed by atoms with Crippen molar-refractivity contribution in [2.24, 2.45) is 0 Å². The molecule has 5 heteroatoms. The molecule has 0 radical (unpaired) electrons. The van der Waals surface area contributed by atoms with Gasteiger partial charge in [-0.2, -0.15) is 0 Å². The lowest BCUT2D eigenvalue weighted by molar-refractivity contribution is 0.530. The topological polar surface area (TPSA) is 61.7 Å². The molecule has 5 nitrogen and oxygen atoms in total. The van der Waals surface area contributed by atoms with Gasteiger partial charge in [-0.3, -0.25) is 0 Å². The fraction of sp³-hybridized carbons (Fsp3) is 0.500. The Labute approximate surface area is 122 Å². The number of hydrogen-bond donors (Lipinski definition) is 1. The molecule has 0 bridgehead atoms. The monoisotopic (exact) mass is 281 g/mol. The normalized spacial score (nSPS) is 18.1. The van der Waals surface area contributed by atoms with Gasteiger partial charge in [0, 0.05) is 25.9 Å². The minimum atomic E-state index is 0.770. The molecular weight excluding hydrogens is 262 g/mol. The summed E-state index contributed by atoms with van der Waals surface area (Å²) in [4.78, 5) is 9.60. The van der Waals surface area contributed by atoms with Gasteiger partial charge in [0.05, 0.1) is 16.7 Å². The van der Waals surface area contributed by atoms with E-state index in [-0.39, 0.29) is 0 Å². The van der Waals surface area contributed by atoms with E-state index in [1.165, 1.54) is 48.4 Å². The maximum atomic E-state index is 6.43. The van der Waals surface area contributed by atoms with Gasteiger partial charge in [-0.15, -0.1) is 0 Å². The molecule has 3 aromatic rings. The number of hydrogen-bond acceptors (Lipinski definition) is 3. The van der Waals surface area contributed by atoms with Crippen molar-refractivity contribution in [3.63, 3.8) is 0 Å². The standard InChI is InChI=1S/C16H19N5/c17-14-15-10(20-7-3-1-5-12(20)18-15)9-11-16(14)19-13-6-2-4-8-21(11)13/h9H,1-8,17H2. The molecule has 2 aliphatic rings. The highest BCUT2D eigenvalue weighted by molar-refractivity contribution is 6.05. The Hall–Kier alpha value is -2.04. The third-order valence-corrected chi connectivity index (χ3v) is 5.02. The van der Waals surface area contributed by atoms with E-state index in [4.69, 9.17) is 15.7 Å². The molecule has 0 unspecified atom stereocenters. The average Bonchev–Trinajstić information content (AvgIpc) is 3.07. The largest absolute Gasteiger partial charge is 0.395 e. The van der Waals surface area contributed by atoms with Gasteiger partial charge < -0.3 is 14.9 Å². The highest BCUT2D eigenvalue weighted by Crippen LogP contribution is 2.34. The Morgan fingerprint density at radius 1 is 0.810 bits per heavy atom. The Morgan fingerprint density at radius 2 is 1.33 bits per heavy atom. The van der Waals surface area contributed by atoms with E-state index >= 15 is 0 Å². The lowest BCUT2D eigenvalue weighted by atomic mass is 10.1. The average molecular weight is 281 g/mol. The van der Waals surface area contributed by atoms with Gasteiger partial charge in [-0.25, -0.2) is 9.97 Å².